The lowest BCUT2D eigenvalue weighted by Crippen LogP contribution is -2.57. The predicted molar refractivity (Wildman–Crippen MR) is 164 cm³/mol. The summed E-state index contributed by atoms with van der Waals surface area (Å²) in [4.78, 5) is 35.2. The Labute approximate surface area is 278 Å². The molecule has 2 aromatic carbocycles. The van der Waals surface area contributed by atoms with Gasteiger partial charge in [-0.1, -0.05) is 6.92 Å². The molecule has 0 saturated carbocycles. The monoisotopic (exact) mass is 698 g/mol. The van der Waals surface area contributed by atoms with E-state index in [-0.39, 0.29) is 67.3 Å². The molecule has 3 N–H and O–H groups in total. The zero-order valence-electron chi connectivity index (χ0n) is 26.9. The van der Waals surface area contributed by atoms with Crippen LogP contribution in [0.15, 0.2) is 42.6 Å². The molecule has 0 fully saturated rings. The van der Waals surface area contributed by atoms with Crippen molar-refractivity contribution in [3.05, 3.63) is 76.4 Å². The number of alkyl halides is 6. The van der Waals surface area contributed by atoms with E-state index in [1.807, 2.05) is 0 Å². The Kier molecular flexibility index (Phi) is 11.6. The highest BCUT2D eigenvalue weighted by Gasteiger charge is 2.44. The number of benzene rings is 2. The number of aromatic hydroxyl groups is 1. The number of nitrogens with zero attached hydrogens (tertiary/aromatic N) is 3. The Morgan fingerprint density at radius 2 is 1.61 bits per heavy atom. The molecule has 2 heterocycles. The molecule has 0 radical (unpaired) electrons. The zero-order chi connectivity index (χ0) is 36.1. The van der Waals surface area contributed by atoms with Crippen LogP contribution in [-0.4, -0.2) is 59.0 Å². The molecule has 49 heavy (non-hydrogen) atoms. The predicted octanol–water partition coefficient (Wildman–Crippen LogP) is 6.75. The van der Waals surface area contributed by atoms with Crippen LogP contribution in [0, 0.1) is 0 Å². The third kappa shape index (κ3) is 8.71. The molecule has 0 saturated heterocycles. The summed E-state index contributed by atoms with van der Waals surface area (Å²) in [6, 6.07) is 3.96. The fraction of sp³-hybridized carbons (Fsp3) is 0.455. The second kappa shape index (κ2) is 15.3. The Morgan fingerprint density at radius 3 is 2.20 bits per heavy atom. The molecule has 0 aliphatic carbocycles. The minimum atomic E-state index is -5.07. The number of aromatic nitrogens is 2. The maximum Gasteiger partial charge on any atom is 0.416 e. The van der Waals surface area contributed by atoms with Crippen LogP contribution in [0.4, 0.5) is 36.8 Å². The summed E-state index contributed by atoms with van der Waals surface area (Å²) in [5.74, 6) is -1.55. The summed E-state index contributed by atoms with van der Waals surface area (Å²) in [5.41, 5.74) is 4.05. The molecule has 266 valence electrons. The molecule has 1 amide bonds. The highest BCUT2D eigenvalue weighted by molar-refractivity contribution is 5.91. The van der Waals surface area contributed by atoms with Crippen molar-refractivity contribution in [2.24, 2.45) is 5.73 Å². The van der Waals surface area contributed by atoms with E-state index in [0.29, 0.717) is 29.8 Å². The van der Waals surface area contributed by atoms with Crippen molar-refractivity contribution < 1.29 is 55.2 Å². The van der Waals surface area contributed by atoms with Crippen molar-refractivity contribution in [2.45, 2.75) is 76.8 Å². The summed E-state index contributed by atoms with van der Waals surface area (Å²) in [5, 5.41) is 10.4. The molecule has 3 unspecified atom stereocenters. The van der Waals surface area contributed by atoms with Gasteiger partial charge in [-0.25, -0.2) is 14.8 Å². The van der Waals surface area contributed by atoms with E-state index >= 15 is 0 Å². The lowest BCUT2D eigenvalue weighted by molar-refractivity contribution is -0.144. The normalized spacial score (nSPS) is 17.8. The van der Waals surface area contributed by atoms with Gasteiger partial charge in [0.2, 0.25) is 0 Å². The molecule has 16 heteroatoms. The number of halogens is 6. The summed E-state index contributed by atoms with van der Waals surface area (Å²) in [7, 11) is 0. The molecule has 1 aliphatic rings. The maximum absolute atomic E-state index is 13.7. The van der Waals surface area contributed by atoms with Crippen LogP contribution in [0.2, 0.25) is 0 Å². The van der Waals surface area contributed by atoms with E-state index < -0.39 is 60.0 Å². The van der Waals surface area contributed by atoms with Gasteiger partial charge in [-0.2, -0.15) is 26.3 Å². The van der Waals surface area contributed by atoms with E-state index in [0.717, 1.165) is 0 Å². The number of carbonyl (C=O) groups is 2. The number of hydrogen-bond donors (Lipinski definition) is 2. The number of esters is 1. The fourth-order valence-corrected chi connectivity index (χ4v) is 5.75. The van der Waals surface area contributed by atoms with Gasteiger partial charge in [-0.3, -0.25) is 9.69 Å². The van der Waals surface area contributed by atoms with Gasteiger partial charge >= 0.3 is 24.4 Å². The van der Waals surface area contributed by atoms with Crippen LogP contribution < -0.4 is 15.4 Å². The van der Waals surface area contributed by atoms with Gasteiger partial charge in [-0.15, -0.1) is 0 Å². The summed E-state index contributed by atoms with van der Waals surface area (Å²) in [6.45, 7) is 5.27. The van der Waals surface area contributed by atoms with E-state index in [1.165, 1.54) is 29.3 Å². The standard InChI is InChI=1S/C33H36F6N4O6/c1-4-24-29(40)28(22-16-21(44)9-10-25(22)43(24)31(46)48-6-3)30-41-17-26(49-11-7-8-27(45)47-5-2)23(42-30)14-18-12-19(32(34,35)36)15-20(13-18)33(37,38)39/h9-10,12-13,15-17,24,28-29,44H,4-8,11,14,40H2,1-3H3. The first-order valence-electron chi connectivity index (χ1n) is 15.6. The number of amides is 1. The minimum absolute atomic E-state index is 0.00272. The van der Waals surface area contributed by atoms with Crippen molar-refractivity contribution in [3.63, 3.8) is 0 Å². The zero-order valence-corrected chi connectivity index (χ0v) is 26.9. The average molecular weight is 699 g/mol. The van der Waals surface area contributed by atoms with Gasteiger partial charge in [-0.05, 0) is 74.2 Å². The topological polar surface area (TPSA) is 137 Å². The molecular weight excluding hydrogens is 662 g/mol. The van der Waals surface area contributed by atoms with E-state index in [9.17, 15) is 41.0 Å². The molecule has 3 atom stereocenters. The van der Waals surface area contributed by atoms with Crippen LogP contribution in [-0.2, 0) is 33.0 Å². The van der Waals surface area contributed by atoms with Crippen molar-refractivity contribution >= 4 is 17.7 Å². The lowest BCUT2D eigenvalue weighted by atomic mass is 9.80. The highest BCUT2D eigenvalue weighted by Crippen LogP contribution is 2.44. The van der Waals surface area contributed by atoms with Gasteiger partial charge in [0.1, 0.15) is 11.6 Å². The van der Waals surface area contributed by atoms with Gasteiger partial charge in [0.15, 0.2) is 5.75 Å². The van der Waals surface area contributed by atoms with Crippen molar-refractivity contribution in [1.29, 1.82) is 0 Å². The van der Waals surface area contributed by atoms with Gasteiger partial charge in [0.25, 0.3) is 0 Å². The smallest absolute Gasteiger partial charge is 0.416 e. The van der Waals surface area contributed by atoms with Gasteiger partial charge in [0, 0.05) is 18.9 Å². The molecule has 0 bridgehead atoms. The largest absolute Gasteiger partial charge is 0.508 e. The van der Waals surface area contributed by atoms with Crippen molar-refractivity contribution in [2.75, 3.05) is 24.7 Å². The minimum Gasteiger partial charge on any atom is -0.508 e. The second-order valence-corrected chi connectivity index (χ2v) is 11.2. The first-order valence-corrected chi connectivity index (χ1v) is 15.6. The first kappa shape index (κ1) is 37.2. The van der Waals surface area contributed by atoms with E-state index in [1.54, 1.807) is 20.8 Å². The molecule has 0 spiro atoms. The van der Waals surface area contributed by atoms with E-state index in [4.69, 9.17) is 19.9 Å². The number of ether oxygens (including phenoxy) is 3. The highest BCUT2D eigenvalue weighted by atomic mass is 19.4. The van der Waals surface area contributed by atoms with Gasteiger partial charge in [0.05, 0.1) is 60.5 Å². The van der Waals surface area contributed by atoms with Crippen molar-refractivity contribution in [3.8, 4) is 11.5 Å². The Balaban J connectivity index is 1.83. The third-order valence-corrected chi connectivity index (χ3v) is 7.88. The Morgan fingerprint density at radius 1 is 0.959 bits per heavy atom. The Hall–Kier alpha value is -4.60. The molecule has 10 nitrogen and oxygen atoms in total. The van der Waals surface area contributed by atoms with Crippen LogP contribution in [0.1, 0.15) is 79.7 Å². The number of phenols is 1. The molecular formula is C33H36F6N4O6. The summed E-state index contributed by atoms with van der Waals surface area (Å²) < 4.78 is 98.1. The Bertz CT molecular complexity index is 1620. The van der Waals surface area contributed by atoms with Crippen molar-refractivity contribution in [1.82, 2.24) is 9.97 Å². The SMILES string of the molecule is CCOC(=O)CCCOc1cnc(C2c3cc(O)ccc3N(C(=O)OCC)C(CC)C2N)nc1Cc1cc(C(F)(F)F)cc(C(F)(F)F)c1. The molecule has 4 rings (SSSR count). The van der Waals surface area contributed by atoms with Crippen LogP contribution in [0.25, 0.3) is 0 Å². The molecule has 3 aromatic rings. The van der Waals surface area contributed by atoms with E-state index in [2.05, 4.69) is 9.97 Å². The maximum atomic E-state index is 13.7. The number of phenolic OH excluding ortho intramolecular Hbond substituents is 1. The van der Waals surface area contributed by atoms with Crippen LogP contribution in [0.3, 0.4) is 0 Å². The van der Waals surface area contributed by atoms with Crippen LogP contribution >= 0.6 is 0 Å². The fourth-order valence-electron chi connectivity index (χ4n) is 5.75. The second-order valence-electron chi connectivity index (χ2n) is 11.2. The number of anilines is 1. The summed E-state index contributed by atoms with van der Waals surface area (Å²) in [6.07, 6.45) is -9.57. The lowest BCUT2D eigenvalue weighted by Gasteiger charge is -2.43. The number of hydrogen-bond acceptors (Lipinski definition) is 9. The quantitative estimate of drug-likeness (QED) is 0.127. The molecule has 1 aromatic heterocycles. The molecule has 1 aliphatic heterocycles. The first-order chi connectivity index (χ1) is 23.1. The van der Waals surface area contributed by atoms with Gasteiger partial charge < -0.3 is 25.1 Å². The number of carbonyl (C=O) groups excluding carboxylic acids is 2. The number of fused-ring (bicyclic) bond motifs is 1. The summed E-state index contributed by atoms with van der Waals surface area (Å²) >= 11 is 0. The van der Waals surface area contributed by atoms with Crippen LogP contribution in [0.5, 0.6) is 11.5 Å². The average Bonchev–Trinajstić information content (AvgIpc) is 3.02. The third-order valence-electron chi connectivity index (χ3n) is 7.88. The number of rotatable bonds is 11. The number of nitrogens with two attached hydrogens (primary N) is 1.